The number of benzene rings is 8. The Morgan fingerprint density at radius 3 is 1.53 bits per heavy atom. The van der Waals surface area contributed by atoms with Crippen LogP contribution in [-0.2, 0) is 27.1 Å². The van der Waals surface area contributed by atoms with E-state index in [1.807, 2.05) is 6.20 Å². The number of pyridine rings is 1. The Kier molecular flexibility index (Phi) is 12.6. The van der Waals surface area contributed by atoms with Gasteiger partial charge in [-0.2, -0.15) is 0 Å². The molecule has 0 fully saturated rings. The molecule has 11 rings (SSSR count). The molecule has 1 aliphatic heterocycles. The summed E-state index contributed by atoms with van der Waals surface area (Å²) in [4.78, 5) is 10.0. The lowest BCUT2D eigenvalue weighted by atomic mass is 9.77. The van der Waals surface area contributed by atoms with Crippen molar-refractivity contribution in [2.75, 3.05) is 16.5 Å². The van der Waals surface area contributed by atoms with E-state index >= 15 is 0 Å². The van der Waals surface area contributed by atoms with Crippen LogP contribution in [0.1, 0.15) is 129 Å². The molecule has 2 aromatic heterocycles. The highest BCUT2D eigenvalue weighted by atomic mass is 16.5. The molecule has 0 unspecified atom stereocenters. The molecule has 10 aromatic rings. The van der Waals surface area contributed by atoms with Crippen LogP contribution in [0.15, 0.2) is 200 Å². The third kappa shape index (κ3) is 9.71. The molecule has 0 spiro atoms. The Morgan fingerprint density at radius 2 is 0.909 bits per heavy atom. The molecule has 8 aromatic carbocycles. The number of fused-ring (bicyclic) bond motifs is 4. The van der Waals surface area contributed by atoms with Crippen molar-refractivity contribution in [3.8, 4) is 28.4 Å². The fourth-order valence-electron chi connectivity index (χ4n) is 11.2. The first-order chi connectivity index (χ1) is 36.5. The molecule has 0 aliphatic carbocycles. The van der Waals surface area contributed by atoms with Crippen molar-refractivity contribution in [1.29, 1.82) is 0 Å². The summed E-state index contributed by atoms with van der Waals surface area (Å²) >= 11 is 0. The second-order valence-electron chi connectivity index (χ2n) is 25.5. The minimum Gasteiger partial charge on any atom is -0.457 e. The number of rotatable bonds is 10. The number of hydrogen-bond donors (Lipinski definition) is 0. The molecule has 3 heterocycles. The standard InChI is InChI=1S/C72H74N4O/c1-68(2,3)52-29-33-63-62(42-52)61-32-31-59(46-65(61)76(63)67-44-54(35-36-73-67)70(7,8)9)77-60-41-56(72(12,13)51-27-21-16-22-28-51)40-58(45-60)75-47-74(64-34-30-53(43-66(64)75)69(4,5)6)57-38-49(48-23-17-14-18-24-48)37-55(39-57)71(10,11)50-25-19-15-20-26-50/h14-46H,47H2,1-13H3. The summed E-state index contributed by atoms with van der Waals surface area (Å²) in [5, 5.41) is 2.36. The molecule has 5 nitrogen and oxygen atoms in total. The molecule has 0 amide bonds. The highest BCUT2D eigenvalue weighted by Crippen LogP contribution is 2.50. The van der Waals surface area contributed by atoms with Crippen molar-refractivity contribution in [3.63, 3.8) is 0 Å². The van der Waals surface area contributed by atoms with Gasteiger partial charge in [-0.25, -0.2) is 4.98 Å². The summed E-state index contributed by atoms with van der Waals surface area (Å²) in [5.41, 5.74) is 17.1. The minimum absolute atomic E-state index is 0.0120. The first kappa shape index (κ1) is 51.2. The van der Waals surface area contributed by atoms with Crippen molar-refractivity contribution >= 4 is 44.6 Å². The van der Waals surface area contributed by atoms with Gasteiger partial charge in [-0.15, -0.1) is 0 Å². The van der Waals surface area contributed by atoms with Crippen LogP contribution in [0.2, 0.25) is 0 Å². The molecular formula is C72H74N4O. The highest BCUT2D eigenvalue weighted by molar-refractivity contribution is 6.10. The lowest BCUT2D eigenvalue weighted by Crippen LogP contribution is -2.26. The summed E-state index contributed by atoms with van der Waals surface area (Å²) in [7, 11) is 0. The molecule has 0 radical (unpaired) electrons. The van der Waals surface area contributed by atoms with E-state index in [0.29, 0.717) is 6.67 Å². The predicted molar refractivity (Wildman–Crippen MR) is 326 cm³/mol. The molecule has 388 valence electrons. The Labute approximate surface area is 457 Å². The van der Waals surface area contributed by atoms with E-state index in [4.69, 9.17) is 9.72 Å². The van der Waals surface area contributed by atoms with Crippen molar-refractivity contribution in [2.24, 2.45) is 0 Å². The van der Waals surface area contributed by atoms with Gasteiger partial charge in [0.2, 0.25) is 0 Å². The average molecular weight is 1010 g/mol. The van der Waals surface area contributed by atoms with E-state index in [9.17, 15) is 0 Å². The second kappa shape index (κ2) is 19.0. The molecule has 5 heteroatoms. The molecule has 0 saturated carbocycles. The Bertz CT molecular complexity index is 3810. The van der Waals surface area contributed by atoms with Crippen LogP contribution in [0.5, 0.6) is 11.5 Å². The average Bonchev–Trinajstić information content (AvgIpc) is 3.96. The molecule has 0 atom stereocenters. The summed E-state index contributed by atoms with van der Waals surface area (Å²) in [6.45, 7) is 30.5. The first-order valence-corrected chi connectivity index (χ1v) is 27.4. The Morgan fingerprint density at radius 1 is 0.364 bits per heavy atom. The van der Waals surface area contributed by atoms with Crippen LogP contribution in [0.3, 0.4) is 0 Å². The number of hydrogen-bond acceptors (Lipinski definition) is 4. The van der Waals surface area contributed by atoms with E-state index in [-0.39, 0.29) is 27.1 Å². The normalized spacial score (nSPS) is 13.4. The predicted octanol–water partition coefficient (Wildman–Crippen LogP) is 19.4. The molecular weight excluding hydrogens is 937 g/mol. The van der Waals surface area contributed by atoms with Gasteiger partial charge in [0.15, 0.2) is 0 Å². The maximum atomic E-state index is 7.26. The van der Waals surface area contributed by atoms with Crippen molar-refractivity contribution in [3.05, 3.63) is 239 Å². The Hall–Kier alpha value is -7.89. The third-order valence-electron chi connectivity index (χ3n) is 16.4. The van der Waals surface area contributed by atoms with Crippen molar-refractivity contribution < 1.29 is 4.74 Å². The summed E-state index contributed by atoms with van der Waals surface area (Å²) in [5.74, 6) is 2.43. The maximum Gasteiger partial charge on any atom is 0.137 e. The lowest BCUT2D eigenvalue weighted by molar-refractivity contribution is 0.480. The lowest BCUT2D eigenvalue weighted by Gasteiger charge is -2.30. The number of ether oxygens (including phenoxy) is 1. The van der Waals surface area contributed by atoms with E-state index < -0.39 is 0 Å². The topological polar surface area (TPSA) is 33.5 Å². The van der Waals surface area contributed by atoms with E-state index in [0.717, 1.165) is 56.4 Å². The van der Waals surface area contributed by atoms with Crippen LogP contribution >= 0.6 is 0 Å². The van der Waals surface area contributed by atoms with Crippen LogP contribution in [0, 0.1) is 0 Å². The zero-order valence-corrected chi connectivity index (χ0v) is 47.5. The highest BCUT2D eigenvalue weighted by Gasteiger charge is 2.34. The van der Waals surface area contributed by atoms with Crippen LogP contribution in [0.4, 0.5) is 22.7 Å². The van der Waals surface area contributed by atoms with Gasteiger partial charge in [-0.3, -0.25) is 4.57 Å². The van der Waals surface area contributed by atoms with Gasteiger partial charge in [0.05, 0.1) is 22.4 Å². The van der Waals surface area contributed by atoms with Gasteiger partial charge in [0.25, 0.3) is 0 Å². The molecule has 77 heavy (non-hydrogen) atoms. The summed E-state index contributed by atoms with van der Waals surface area (Å²) in [6.07, 6.45) is 1.95. The maximum absolute atomic E-state index is 7.26. The van der Waals surface area contributed by atoms with Gasteiger partial charge < -0.3 is 14.5 Å². The Balaban J connectivity index is 1.08. The monoisotopic (exact) mass is 1010 g/mol. The van der Waals surface area contributed by atoms with Crippen LogP contribution < -0.4 is 14.5 Å². The van der Waals surface area contributed by atoms with Gasteiger partial charge in [0.1, 0.15) is 24.0 Å². The molecule has 0 bridgehead atoms. The largest absolute Gasteiger partial charge is 0.457 e. The summed E-state index contributed by atoms with van der Waals surface area (Å²) < 4.78 is 9.59. The van der Waals surface area contributed by atoms with E-state index in [1.54, 1.807) is 0 Å². The molecule has 1 aliphatic rings. The molecule has 0 saturated heterocycles. The number of anilines is 4. The quantitative estimate of drug-likeness (QED) is 0.137. The third-order valence-corrected chi connectivity index (χ3v) is 16.4. The van der Waals surface area contributed by atoms with Gasteiger partial charge >= 0.3 is 0 Å². The fourth-order valence-corrected chi connectivity index (χ4v) is 11.2. The SMILES string of the molecule is CC(C)(C)c1ccnc(-n2c3ccc(C(C)(C)C)cc3c3ccc(Oc4cc(N5CN(c6cc(-c7ccccc7)cc(C(C)(C)c7ccccc7)c6)c6ccc(C(C)(C)C)cc65)cc(C(C)(C)c5ccccc5)c4)cc32)c1. The van der Waals surface area contributed by atoms with E-state index in [1.165, 1.54) is 55.6 Å². The van der Waals surface area contributed by atoms with Crippen molar-refractivity contribution in [1.82, 2.24) is 9.55 Å². The zero-order chi connectivity index (χ0) is 54.2. The van der Waals surface area contributed by atoms with Crippen LogP contribution in [0.25, 0.3) is 38.8 Å². The molecule has 0 N–H and O–H groups in total. The number of nitrogens with zero attached hydrogens (tertiary/aromatic N) is 4. The van der Waals surface area contributed by atoms with Crippen LogP contribution in [-0.4, -0.2) is 16.2 Å². The van der Waals surface area contributed by atoms with Crippen molar-refractivity contribution in [2.45, 2.75) is 117 Å². The number of aromatic nitrogens is 2. The van der Waals surface area contributed by atoms with E-state index in [2.05, 4.69) is 298 Å². The van der Waals surface area contributed by atoms with Gasteiger partial charge in [0, 0.05) is 51.3 Å². The fraction of sp³-hybridized carbons (Fsp3) is 0.264. The van der Waals surface area contributed by atoms with Gasteiger partial charge in [-0.1, -0.05) is 199 Å². The minimum atomic E-state index is -0.363. The zero-order valence-electron chi connectivity index (χ0n) is 47.5. The first-order valence-electron chi connectivity index (χ1n) is 27.4. The summed E-state index contributed by atoms with van der Waals surface area (Å²) in [6, 6.07) is 71.6. The smallest absolute Gasteiger partial charge is 0.137 e. The van der Waals surface area contributed by atoms with Gasteiger partial charge in [-0.05, 0) is 139 Å². The second-order valence-corrected chi connectivity index (χ2v) is 25.5.